The molecule has 0 bridgehead atoms. The van der Waals surface area contributed by atoms with Gasteiger partial charge in [-0.15, -0.1) is 0 Å². The van der Waals surface area contributed by atoms with Crippen LogP contribution in [-0.2, 0) is 9.31 Å². The number of hydrogen-bond acceptors (Lipinski definition) is 6. The summed E-state index contributed by atoms with van der Waals surface area (Å²) in [6.45, 7) is 8.78. The maximum atomic E-state index is 6.08. The van der Waals surface area contributed by atoms with E-state index in [4.69, 9.17) is 15.0 Å². The van der Waals surface area contributed by atoms with E-state index in [9.17, 15) is 0 Å². The van der Waals surface area contributed by atoms with Crippen molar-refractivity contribution < 1.29 is 9.31 Å². The van der Waals surface area contributed by atoms with Gasteiger partial charge in [-0.05, 0) is 52.4 Å². The fraction of sp³-hybridized carbons (Fsp3) is 0.571. The van der Waals surface area contributed by atoms with Crippen LogP contribution in [0.3, 0.4) is 0 Å². The Morgan fingerprint density at radius 2 is 1.95 bits per heavy atom. The summed E-state index contributed by atoms with van der Waals surface area (Å²) in [4.78, 5) is 8.09. The standard InChI is InChI=1S/C14H23BN4O2/c1-13(2)14(3,4)21-15(20-13)10(9-17-5)8-11-6-7-18-12(16)19-11/h6-8,17H,9H2,1-5H3,(H2,16,18,19). The van der Waals surface area contributed by atoms with Gasteiger partial charge in [-0.2, -0.15) is 0 Å². The van der Waals surface area contributed by atoms with Gasteiger partial charge in [0, 0.05) is 12.7 Å². The second kappa shape index (κ2) is 5.75. The summed E-state index contributed by atoms with van der Waals surface area (Å²) in [6, 6.07) is 1.80. The number of likely N-dealkylation sites (N-methyl/N-ethyl adjacent to an activating group) is 1. The molecular weight excluding hydrogens is 267 g/mol. The highest BCUT2D eigenvalue weighted by atomic mass is 16.7. The van der Waals surface area contributed by atoms with Gasteiger partial charge in [0.05, 0.1) is 16.9 Å². The van der Waals surface area contributed by atoms with E-state index in [1.807, 2.05) is 40.8 Å². The molecule has 0 amide bonds. The Morgan fingerprint density at radius 3 is 2.48 bits per heavy atom. The van der Waals surface area contributed by atoms with Crippen molar-refractivity contribution in [3.05, 3.63) is 23.4 Å². The molecule has 1 aromatic heterocycles. The second-order valence-corrected chi connectivity index (χ2v) is 6.18. The van der Waals surface area contributed by atoms with E-state index in [0.717, 1.165) is 11.2 Å². The minimum absolute atomic E-state index is 0.251. The van der Waals surface area contributed by atoms with E-state index in [-0.39, 0.29) is 17.2 Å². The lowest BCUT2D eigenvalue weighted by Gasteiger charge is -2.32. The molecule has 1 saturated heterocycles. The molecule has 0 unspecified atom stereocenters. The zero-order chi connectivity index (χ0) is 15.7. The zero-order valence-corrected chi connectivity index (χ0v) is 13.3. The summed E-state index contributed by atoms with van der Waals surface area (Å²) < 4.78 is 12.2. The molecule has 0 saturated carbocycles. The van der Waals surface area contributed by atoms with Crippen molar-refractivity contribution in [1.29, 1.82) is 0 Å². The third-order valence-corrected chi connectivity index (χ3v) is 3.97. The van der Waals surface area contributed by atoms with Crippen LogP contribution >= 0.6 is 0 Å². The normalized spacial score (nSPS) is 20.8. The average molecular weight is 290 g/mol. The summed E-state index contributed by atoms with van der Waals surface area (Å²) in [6.07, 6.45) is 3.56. The Kier molecular flexibility index (Phi) is 4.36. The first-order valence-electron chi connectivity index (χ1n) is 7.04. The maximum Gasteiger partial charge on any atom is 0.491 e. The lowest BCUT2D eigenvalue weighted by atomic mass is 9.77. The third-order valence-electron chi connectivity index (χ3n) is 3.97. The summed E-state index contributed by atoms with van der Waals surface area (Å²) in [7, 11) is 1.48. The van der Waals surface area contributed by atoms with Crippen molar-refractivity contribution in [3.63, 3.8) is 0 Å². The van der Waals surface area contributed by atoms with Crippen LogP contribution in [-0.4, -0.2) is 41.9 Å². The second-order valence-electron chi connectivity index (χ2n) is 6.18. The van der Waals surface area contributed by atoms with Gasteiger partial charge >= 0.3 is 7.12 Å². The maximum absolute atomic E-state index is 6.08. The van der Waals surface area contributed by atoms with Crippen LogP contribution in [0.1, 0.15) is 33.4 Å². The Balaban J connectivity index is 2.28. The first-order valence-corrected chi connectivity index (χ1v) is 7.04. The Morgan fingerprint density at radius 1 is 1.33 bits per heavy atom. The number of nitrogens with two attached hydrogens (primary N) is 1. The molecule has 114 valence electrons. The molecule has 0 radical (unpaired) electrons. The molecule has 0 aliphatic carbocycles. The molecule has 0 spiro atoms. The topological polar surface area (TPSA) is 82.3 Å². The van der Waals surface area contributed by atoms with Gasteiger partial charge < -0.3 is 20.4 Å². The van der Waals surface area contributed by atoms with Crippen molar-refractivity contribution >= 4 is 19.1 Å². The van der Waals surface area contributed by atoms with Crippen LogP contribution in [0.2, 0.25) is 0 Å². The zero-order valence-electron chi connectivity index (χ0n) is 13.3. The van der Waals surface area contributed by atoms with Gasteiger partial charge in [-0.1, -0.05) is 0 Å². The molecule has 1 aliphatic rings. The average Bonchev–Trinajstić information content (AvgIpc) is 2.58. The van der Waals surface area contributed by atoms with E-state index >= 15 is 0 Å². The number of nitrogen functional groups attached to an aromatic ring is 1. The van der Waals surface area contributed by atoms with Gasteiger partial charge in [0.25, 0.3) is 0 Å². The number of nitrogens with zero attached hydrogens (tertiary/aromatic N) is 2. The van der Waals surface area contributed by atoms with Crippen molar-refractivity contribution in [2.45, 2.75) is 38.9 Å². The lowest BCUT2D eigenvalue weighted by molar-refractivity contribution is 0.00578. The molecule has 1 fully saturated rings. The summed E-state index contributed by atoms with van der Waals surface area (Å²) in [5.74, 6) is 0.251. The number of anilines is 1. The van der Waals surface area contributed by atoms with Crippen molar-refractivity contribution in [1.82, 2.24) is 15.3 Å². The number of rotatable bonds is 4. The fourth-order valence-electron chi connectivity index (χ4n) is 2.06. The summed E-state index contributed by atoms with van der Waals surface area (Å²) in [5, 5.41) is 3.13. The summed E-state index contributed by atoms with van der Waals surface area (Å²) >= 11 is 0. The van der Waals surface area contributed by atoms with Crippen LogP contribution in [0.5, 0.6) is 0 Å². The largest absolute Gasteiger partial charge is 0.491 e. The third kappa shape index (κ3) is 3.43. The van der Waals surface area contributed by atoms with E-state index < -0.39 is 7.12 Å². The van der Waals surface area contributed by atoms with Gasteiger partial charge in [0.15, 0.2) is 0 Å². The van der Waals surface area contributed by atoms with E-state index in [1.54, 1.807) is 12.3 Å². The number of nitrogens with one attached hydrogen (secondary N) is 1. The van der Waals surface area contributed by atoms with Crippen molar-refractivity contribution in [2.75, 3.05) is 19.3 Å². The lowest BCUT2D eigenvalue weighted by Crippen LogP contribution is -2.41. The predicted molar refractivity (Wildman–Crippen MR) is 84.4 cm³/mol. The fourth-order valence-corrected chi connectivity index (χ4v) is 2.06. The van der Waals surface area contributed by atoms with Crippen molar-refractivity contribution in [2.24, 2.45) is 0 Å². The quantitative estimate of drug-likeness (QED) is 0.813. The molecule has 0 atom stereocenters. The molecular formula is C14H23BN4O2. The van der Waals surface area contributed by atoms with Crippen LogP contribution in [0.4, 0.5) is 5.95 Å². The molecule has 1 aromatic rings. The Hall–Kier alpha value is -1.44. The van der Waals surface area contributed by atoms with E-state index in [0.29, 0.717) is 6.54 Å². The highest BCUT2D eigenvalue weighted by Crippen LogP contribution is 2.38. The monoisotopic (exact) mass is 290 g/mol. The van der Waals surface area contributed by atoms with Crippen LogP contribution in [0.15, 0.2) is 17.7 Å². The molecule has 7 heteroatoms. The van der Waals surface area contributed by atoms with E-state index in [2.05, 4.69) is 15.3 Å². The van der Waals surface area contributed by atoms with Crippen LogP contribution < -0.4 is 11.1 Å². The summed E-state index contributed by atoms with van der Waals surface area (Å²) in [5.41, 5.74) is 6.59. The van der Waals surface area contributed by atoms with Gasteiger partial charge in [-0.3, -0.25) is 0 Å². The predicted octanol–water partition coefficient (Wildman–Crippen LogP) is 1.29. The Labute approximate surface area is 126 Å². The molecule has 1 aliphatic heterocycles. The highest BCUT2D eigenvalue weighted by Gasteiger charge is 2.52. The molecule has 0 aromatic carbocycles. The minimum Gasteiger partial charge on any atom is -0.400 e. The van der Waals surface area contributed by atoms with Gasteiger partial charge in [0.1, 0.15) is 0 Å². The van der Waals surface area contributed by atoms with E-state index in [1.165, 1.54) is 0 Å². The smallest absolute Gasteiger partial charge is 0.400 e. The Bertz CT molecular complexity index is 530. The number of aromatic nitrogens is 2. The molecule has 6 nitrogen and oxygen atoms in total. The molecule has 21 heavy (non-hydrogen) atoms. The highest BCUT2D eigenvalue weighted by molar-refractivity contribution is 6.55. The van der Waals surface area contributed by atoms with Gasteiger partial charge in [-0.25, -0.2) is 9.97 Å². The first kappa shape index (κ1) is 15.9. The molecule has 3 N–H and O–H groups in total. The van der Waals surface area contributed by atoms with Crippen LogP contribution in [0, 0.1) is 0 Å². The number of hydrogen-bond donors (Lipinski definition) is 2. The van der Waals surface area contributed by atoms with Crippen molar-refractivity contribution in [3.8, 4) is 0 Å². The van der Waals surface area contributed by atoms with Gasteiger partial charge in [0.2, 0.25) is 5.95 Å². The molecule has 2 heterocycles. The minimum atomic E-state index is -0.404. The van der Waals surface area contributed by atoms with Crippen LogP contribution in [0.25, 0.3) is 6.08 Å². The molecule has 2 rings (SSSR count). The SMILES string of the molecule is CNCC(=Cc1ccnc(N)n1)B1OC(C)(C)C(C)(C)O1. The first-order chi connectivity index (χ1) is 9.75.